The molecule has 5 heteroatoms. The molecular weight excluding hydrogens is 260 g/mol. The van der Waals surface area contributed by atoms with Crippen LogP contribution in [0.25, 0.3) is 0 Å². The lowest BCUT2D eigenvalue weighted by Crippen LogP contribution is -2.32. The van der Waals surface area contributed by atoms with E-state index in [2.05, 4.69) is 48.4 Å². The molecule has 0 saturated carbocycles. The summed E-state index contributed by atoms with van der Waals surface area (Å²) in [5.74, 6) is 2.75. The van der Waals surface area contributed by atoms with E-state index in [1.165, 1.54) is 0 Å². The molecule has 0 aromatic heterocycles. The Morgan fingerprint density at radius 1 is 0.800 bits per heavy atom. The second kappa shape index (κ2) is 10.4. The number of hydrogen-bond donors (Lipinski definition) is 3. The van der Waals surface area contributed by atoms with Crippen LogP contribution in [0.3, 0.4) is 0 Å². The molecule has 0 fully saturated rings. The molecule has 0 aliphatic heterocycles. The Morgan fingerprint density at radius 2 is 1.13 bits per heavy atom. The quantitative estimate of drug-likeness (QED) is 0.412. The van der Waals surface area contributed by atoms with Crippen LogP contribution in [0.2, 0.25) is 0 Å². The standard InChI is InChI=1S/C10H21OS3Si/c12-7-1-4-10(11-15,5-2-8-13)6-3-9-14/h12-14H,1-9H2. The third-order valence-electron chi connectivity index (χ3n) is 2.59. The number of thiol groups is 3. The molecule has 0 bridgehead atoms. The normalized spacial score (nSPS) is 12.0. The third-order valence-corrected chi connectivity index (χ3v) is 3.97. The fourth-order valence-electron chi connectivity index (χ4n) is 1.73. The molecule has 0 unspecified atom stereocenters. The van der Waals surface area contributed by atoms with Crippen LogP contribution >= 0.6 is 37.9 Å². The van der Waals surface area contributed by atoms with Gasteiger partial charge in [0.1, 0.15) is 0 Å². The summed E-state index contributed by atoms with van der Waals surface area (Å²) in [6.07, 6.45) is 6.44. The summed E-state index contributed by atoms with van der Waals surface area (Å²) in [6, 6.07) is 0. The molecular formula is C10H21OS3Si. The molecule has 0 aromatic rings. The molecule has 0 aromatic carbocycles. The summed E-state index contributed by atoms with van der Waals surface area (Å²) in [5.41, 5.74) is -0.0366. The van der Waals surface area contributed by atoms with Gasteiger partial charge < -0.3 is 4.43 Å². The van der Waals surface area contributed by atoms with Gasteiger partial charge in [-0.05, 0) is 55.8 Å². The molecule has 1 nitrogen and oxygen atoms in total. The summed E-state index contributed by atoms with van der Waals surface area (Å²) in [4.78, 5) is 0. The zero-order valence-corrected chi connectivity index (χ0v) is 12.8. The van der Waals surface area contributed by atoms with Gasteiger partial charge in [-0.2, -0.15) is 37.9 Å². The van der Waals surface area contributed by atoms with Gasteiger partial charge in [0.05, 0.1) is 5.60 Å². The lowest BCUT2D eigenvalue weighted by atomic mass is 9.88. The molecule has 89 valence electrons. The van der Waals surface area contributed by atoms with E-state index >= 15 is 0 Å². The van der Waals surface area contributed by atoms with Crippen molar-refractivity contribution in [1.82, 2.24) is 0 Å². The minimum absolute atomic E-state index is 0.0366. The number of rotatable bonds is 10. The van der Waals surface area contributed by atoms with Crippen molar-refractivity contribution >= 4 is 48.4 Å². The van der Waals surface area contributed by atoms with Crippen molar-refractivity contribution in [2.45, 2.75) is 44.1 Å². The van der Waals surface area contributed by atoms with Crippen LogP contribution < -0.4 is 0 Å². The van der Waals surface area contributed by atoms with E-state index in [1.54, 1.807) is 0 Å². The summed E-state index contributed by atoms with van der Waals surface area (Å²) in [5, 5.41) is 0. The molecule has 0 rings (SSSR count). The second-order valence-electron chi connectivity index (χ2n) is 3.77. The summed E-state index contributed by atoms with van der Waals surface area (Å²) in [6.45, 7) is 0. The zero-order valence-electron chi connectivity index (χ0n) is 9.11. The fraction of sp³-hybridized carbons (Fsp3) is 1.00. The van der Waals surface area contributed by atoms with Gasteiger partial charge in [0.2, 0.25) is 10.5 Å². The van der Waals surface area contributed by atoms with Gasteiger partial charge in [0, 0.05) is 0 Å². The maximum absolute atomic E-state index is 5.55. The van der Waals surface area contributed by atoms with Crippen LogP contribution in [0.5, 0.6) is 0 Å². The largest absolute Gasteiger partial charge is 0.413 e. The van der Waals surface area contributed by atoms with E-state index in [-0.39, 0.29) is 5.60 Å². The molecule has 0 aliphatic carbocycles. The molecule has 3 radical (unpaired) electrons. The molecule has 0 spiro atoms. The van der Waals surface area contributed by atoms with E-state index in [0.717, 1.165) is 55.8 Å². The van der Waals surface area contributed by atoms with E-state index in [0.29, 0.717) is 0 Å². The van der Waals surface area contributed by atoms with Gasteiger partial charge in [-0.15, -0.1) is 0 Å². The van der Waals surface area contributed by atoms with E-state index in [1.807, 2.05) is 0 Å². The highest BCUT2D eigenvalue weighted by atomic mass is 32.1. The van der Waals surface area contributed by atoms with Crippen molar-refractivity contribution in [1.29, 1.82) is 0 Å². The minimum atomic E-state index is -0.0366. The maximum atomic E-state index is 5.55. The van der Waals surface area contributed by atoms with Crippen LogP contribution in [0.1, 0.15) is 38.5 Å². The second-order valence-corrected chi connectivity index (χ2v) is 5.31. The van der Waals surface area contributed by atoms with Gasteiger partial charge in [0.25, 0.3) is 0 Å². The Bertz CT molecular complexity index is 125. The Hall–Kier alpha value is 1.23. The lowest BCUT2D eigenvalue weighted by molar-refractivity contribution is 0.0494. The molecule has 15 heavy (non-hydrogen) atoms. The summed E-state index contributed by atoms with van der Waals surface area (Å²) >= 11 is 12.8. The van der Waals surface area contributed by atoms with Crippen molar-refractivity contribution in [3.8, 4) is 0 Å². The Morgan fingerprint density at radius 3 is 1.33 bits per heavy atom. The first-order valence-electron chi connectivity index (χ1n) is 5.42. The summed E-state index contributed by atoms with van der Waals surface area (Å²) < 4.78 is 5.55. The highest BCUT2D eigenvalue weighted by Crippen LogP contribution is 2.29. The zero-order chi connectivity index (χ0) is 11.6. The van der Waals surface area contributed by atoms with Crippen molar-refractivity contribution in [2.75, 3.05) is 17.3 Å². The molecule has 0 aliphatic rings. The predicted octanol–water partition coefficient (Wildman–Crippen LogP) is 2.96. The molecule has 0 heterocycles. The van der Waals surface area contributed by atoms with Crippen molar-refractivity contribution in [2.24, 2.45) is 0 Å². The highest BCUT2D eigenvalue weighted by Gasteiger charge is 2.27. The molecule has 0 amide bonds. The molecule has 0 N–H and O–H groups in total. The smallest absolute Gasteiger partial charge is 0.247 e. The lowest BCUT2D eigenvalue weighted by Gasteiger charge is -2.33. The van der Waals surface area contributed by atoms with Crippen LogP contribution in [0, 0.1) is 0 Å². The minimum Gasteiger partial charge on any atom is -0.413 e. The maximum Gasteiger partial charge on any atom is 0.247 e. The topological polar surface area (TPSA) is 9.23 Å². The van der Waals surface area contributed by atoms with Crippen molar-refractivity contribution in [3.05, 3.63) is 0 Å². The SMILES string of the molecule is [Si]OC(CCCS)(CCCS)CCCS. The average molecular weight is 282 g/mol. The Labute approximate surface area is 114 Å². The Balaban J connectivity index is 4.16. The molecule has 0 atom stereocenters. The van der Waals surface area contributed by atoms with Crippen molar-refractivity contribution in [3.63, 3.8) is 0 Å². The van der Waals surface area contributed by atoms with Gasteiger partial charge in [-0.1, -0.05) is 0 Å². The third kappa shape index (κ3) is 7.21. The van der Waals surface area contributed by atoms with Crippen LogP contribution in [-0.2, 0) is 4.43 Å². The summed E-state index contributed by atoms with van der Waals surface area (Å²) in [7, 11) is 3.24. The average Bonchev–Trinajstić information content (AvgIpc) is 2.29. The van der Waals surface area contributed by atoms with Gasteiger partial charge in [-0.3, -0.25) is 0 Å². The molecule has 0 saturated heterocycles. The first-order valence-corrected chi connectivity index (χ1v) is 7.72. The van der Waals surface area contributed by atoms with Crippen LogP contribution in [0.15, 0.2) is 0 Å². The van der Waals surface area contributed by atoms with E-state index in [9.17, 15) is 0 Å². The van der Waals surface area contributed by atoms with E-state index < -0.39 is 0 Å². The first kappa shape index (κ1) is 16.2. The Kier molecular flexibility index (Phi) is 11.2. The number of hydrogen-bond acceptors (Lipinski definition) is 4. The van der Waals surface area contributed by atoms with E-state index in [4.69, 9.17) is 4.43 Å². The van der Waals surface area contributed by atoms with Gasteiger partial charge in [-0.25, -0.2) is 0 Å². The van der Waals surface area contributed by atoms with Crippen LogP contribution in [0.4, 0.5) is 0 Å². The van der Waals surface area contributed by atoms with Gasteiger partial charge in [0.15, 0.2) is 0 Å². The van der Waals surface area contributed by atoms with Crippen LogP contribution in [-0.4, -0.2) is 33.3 Å². The monoisotopic (exact) mass is 281 g/mol. The predicted molar refractivity (Wildman–Crippen MR) is 78.8 cm³/mol. The fourth-order valence-corrected chi connectivity index (χ4v) is 2.51. The van der Waals surface area contributed by atoms with Crippen molar-refractivity contribution < 1.29 is 4.43 Å². The first-order chi connectivity index (χ1) is 7.24. The highest BCUT2D eigenvalue weighted by molar-refractivity contribution is 7.80. The van der Waals surface area contributed by atoms with Gasteiger partial charge >= 0.3 is 0 Å².